The Morgan fingerprint density at radius 1 is 1.21 bits per heavy atom. The van der Waals surface area contributed by atoms with E-state index in [0.29, 0.717) is 11.7 Å². The average Bonchev–Trinajstić information content (AvgIpc) is 3.40. The molecule has 0 saturated heterocycles. The molecule has 11 heteroatoms. The van der Waals surface area contributed by atoms with E-state index in [1.807, 2.05) is 0 Å². The molecule has 0 aliphatic heterocycles. The quantitative estimate of drug-likeness (QED) is 0.651. The molecular weight excluding hydrogens is 407 g/mol. The van der Waals surface area contributed by atoms with Crippen LogP contribution in [-0.4, -0.2) is 40.3 Å². The minimum Gasteiger partial charge on any atom is -0.370 e. The molecule has 0 spiro atoms. The number of hydrogen-bond donors (Lipinski definition) is 1. The lowest BCUT2D eigenvalue weighted by Gasteiger charge is -2.12. The van der Waals surface area contributed by atoms with Crippen molar-refractivity contribution in [2.75, 3.05) is 17.6 Å². The minimum atomic E-state index is -4.60. The van der Waals surface area contributed by atoms with Crippen molar-refractivity contribution in [1.29, 1.82) is 0 Å². The summed E-state index contributed by atoms with van der Waals surface area (Å²) in [5.41, 5.74) is -0.859. The summed E-state index contributed by atoms with van der Waals surface area (Å²) in [7, 11) is -3.62. The summed E-state index contributed by atoms with van der Waals surface area (Å²) in [5.74, 6) is 0.943. The molecule has 154 valence electrons. The van der Waals surface area contributed by atoms with Crippen molar-refractivity contribution in [3.8, 4) is 11.4 Å². The number of nitrogens with one attached hydrogen (secondary N) is 1. The molecule has 0 amide bonds. The van der Waals surface area contributed by atoms with Gasteiger partial charge in [-0.3, -0.25) is 0 Å². The number of nitrogens with zero attached hydrogens (tertiary/aromatic N) is 4. The molecule has 4 rings (SSSR count). The highest BCUT2D eigenvalue weighted by Crippen LogP contribution is 2.32. The molecule has 1 aliphatic rings. The Kier molecular flexibility index (Phi) is 4.72. The van der Waals surface area contributed by atoms with Gasteiger partial charge in [0, 0.05) is 18.8 Å². The van der Waals surface area contributed by atoms with Gasteiger partial charge in [-0.1, -0.05) is 6.92 Å². The van der Waals surface area contributed by atoms with E-state index in [2.05, 4.69) is 20.4 Å². The number of alkyl halides is 3. The fourth-order valence-corrected chi connectivity index (χ4v) is 3.89. The molecular formula is C18H18F3N5O2S. The maximum Gasteiger partial charge on any atom is 0.435 e. The monoisotopic (exact) mass is 425 g/mol. The first kappa shape index (κ1) is 19.6. The van der Waals surface area contributed by atoms with E-state index >= 15 is 0 Å². The Bertz CT molecular complexity index is 1170. The summed E-state index contributed by atoms with van der Waals surface area (Å²) in [5, 5.41) is 6.63. The summed E-state index contributed by atoms with van der Waals surface area (Å²) in [6.45, 7) is 2.25. The Labute approximate surface area is 164 Å². The van der Waals surface area contributed by atoms with Crippen LogP contribution in [0, 0.1) is 5.92 Å². The second-order valence-electron chi connectivity index (χ2n) is 6.91. The van der Waals surface area contributed by atoms with Gasteiger partial charge in [0.05, 0.1) is 16.3 Å². The highest BCUT2D eigenvalue weighted by atomic mass is 32.2. The first-order chi connectivity index (χ1) is 13.7. The van der Waals surface area contributed by atoms with E-state index in [1.54, 1.807) is 6.07 Å². The summed E-state index contributed by atoms with van der Waals surface area (Å²) in [4.78, 5) is 8.59. The molecule has 3 aromatic rings. The molecule has 0 aromatic carbocycles. The molecule has 1 fully saturated rings. The number of aromatic nitrogens is 4. The number of halogens is 3. The largest absolute Gasteiger partial charge is 0.435 e. The summed E-state index contributed by atoms with van der Waals surface area (Å²) < 4.78 is 64.8. The summed E-state index contributed by atoms with van der Waals surface area (Å²) >= 11 is 0. The van der Waals surface area contributed by atoms with Crippen molar-refractivity contribution in [2.24, 2.45) is 5.92 Å². The predicted molar refractivity (Wildman–Crippen MR) is 100 cm³/mol. The number of sulfone groups is 1. The van der Waals surface area contributed by atoms with Gasteiger partial charge >= 0.3 is 6.18 Å². The number of fused-ring (bicyclic) bond motifs is 1. The van der Waals surface area contributed by atoms with Crippen molar-refractivity contribution in [1.82, 2.24) is 19.6 Å². The van der Waals surface area contributed by atoms with Crippen molar-refractivity contribution < 1.29 is 21.6 Å². The lowest BCUT2D eigenvalue weighted by atomic mass is 10.2. The van der Waals surface area contributed by atoms with Crippen LogP contribution in [0.4, 0.5) is 19.0 Å². The zero-order valence-corrected chi connectivity index (χ0v) is 16.3. The van der Waals surface area contributed by atoms with Crippen LogP contribution in [0.3, 0.4) is 0 Å². The Hall–Kier alpha value is -2.69. The maximum absolute atomic E-state index is 12.9. The van der Waals surface area contributed by atoms with E-state index in [9.17, 15) is 21.6 Å². The highest BCUT2D eigenvalue weighted by molar-refractivity contribution is 7.91. The van der Waals surface area contributed by atoms with E-state index in [-0.39, 0.29) is 27.7 Å². The Balaban J connectivity index is 1.80. The average molecular weight is 425 g/mol. The van der Waals surface area contributed by atoms with Gasteiger partial charge < -0.3 is 5.32 Å². The van der Waals surface area contributed by atoms with Gasteiger partial charge in [0.2, 0.25) is 0 Å². The smallest absolute Gasteiger partial charge is 0.370 e. The molecule has 1 N–H and O–H groups in total. The van der Waals surface area contributed by atoms with Gasteiger partial charge in [0.1, 0.15) is 11.5 Å². The van der Waals surface area contributed by atoms with Crippen molar-refractivity contribution in [3.63, 3.8) is 0 Å². The molecule has 3 heterocycles. The van der Waals surface area contributed by atoms with Crippen LogP contribution < -0.4 is 5.32 Å². The van der Waals surface area contributed by atoms with Crippen molar-refractivity contribution >= 4 is 21.3 Å². The molecule has 29 heavy (non-hydrogen) atoms. The van der Waals surface area contributed by atoms with Crippen LogP contribution in [0.25, 0.3) is 17.0 Å². The molecule has 3 aromatic heterocycles. The number of hydrogen-bond acceptors (Lipinski definition) is 6. The third kappa shape index (κ3) is 4.04. The van der Waals surface area contributed by atoms with Crippen LogP contribution >= 0.6 is 0 Å². The maximum atomic E-state index is 12.9. The molecule has 7 nitrogen and oxygen atoms in total. The van der Waals surface area contributed by atoms with Crippen LogP contribution in [0.1, 0.15) is 25.5 Å². The first-order valence-electron chi connectivity index (χ1n) is 9.09. The second-order valence-corrected chi connectivity index (χ2v) is 9.16. The molecule has 0 unspecified atom stereocenters. The first-order valence-corrected chi connectivity index (χ1v) is 10.7. The van der Waals surface area contributed by atoms with Crippen LogP contribution in [0.15, 0.2) is 35.4 Å². The summed E-state index contributed by atoms with van der Waals surface area (Å²) in [6, 6.07) is 5.27. The van der Waals surface area contributed by atoms with E-state index in [4.69, 9.17) is 0 Å². The van der Waals surface area contributed by atoms with Gasteiger partial charge in [-0.2, -0.15) is 18.3 Å². The van der Waals surface area contributed by atoms with Crippen molar-refractivity contribution in [2.45, 2.75) is 30.8 Å². The van der Waals surface area contributed by atoms with Crippen molar-refractivity contribution in [3.05, 3.63) is 36.2 Å². The summed E-state index contributed by atoms with van der Waals surface area (Å²) in [6.07, 6.45) is -1.01. The number of rotatable bonds is 6. The molecule has 1 aliphatic carbocycles. The zero-order valence-electron chi connectivity index (χ0n) is 15.4. The molecule has 0 radical (unpaired) electrons. The van der Waals surface area contributed by atoms with Crippen LogP contribution in [0.2, 0.25) is 0 Å². The Morgan fingerprint density at radius 2 is 1.97 bits per heavy atom. The van der Waals surface area contributed by atoms with Gasteiger partial charge in [-0.25, -0.2) is 22.9 Å². The lowest BCUT2D eigenvalue weighted by molar-refractivity contribution is -0.141. The number of anilines is 1. The predicted octanol–water partition coefficient (Wildman–Crippen LogP) is 3.43. The normalized spacial score (nSPS) is 15.0. The molecule has 0 atom stereocenters. The topological polar surface area (TPSA) is 89.2 Å². The van der Waals surface area contributed by atoms with Gasteiger partial charge in [0.15, 0.2) is 21.2 Å². The lowest BCUT2D eigenvalue weighted by Crippen LogP contribution is -2.10. The van der Waals surface area contributed by atoms with Crippen LogP contribution in [0.5, 0.6) is 0 Å². The Morgan fingerprint density at radius 3 is 2.62 bits per heavy atom. The van der Waals surface area contributed by atoms with Gasteiger partial charge in [-0.15, -0.1) is 0 Å². The SMILES string of the molecule is CCS(=O)(=O)c1ccc(NCC2CC2)nc1-c1ccn2nc(C(F)(F)F)cc2n1. The van der Waals surface area contributed by atoms with Gasteiger partial charge in [-0.05, 0) is 37.0 Å². The van der Waals surface area contributed by atoms with Crippen LogP contribution in [-0.2, 0) is 16.0 Å². The second kappa shape index (κ2) is 6.97. The molecule has 1 saturated carbocycles. The fraction of sp³-hybridized carbons (Fsp3) is 0.389. The van der Waals surface area contributed by atoms with Gasteiger partial charge in [0.25, 0.3) is 0 Å². The highest BCUT2D eigenvalue weighted by Gasteiger charge is 2.34. The fourth-order valence-electron chi connectivity index (χ4n) is 2.86. The standard InChI is InChI=1S/C18H18F3N5O2S/c1-2-29(27,28)13-5-6-15(22-10-11-3-4-11)24-17(13)12-7-8-26-16(23-12)9-14(25-26)18(19,20)21/h5-9,11H,2-4,10H2,1H3,(H,22,24). The minimum absolute atomic E-state index is 0.00983. The molecule has 0 bridgehead atoms. The number of pyridine rings is 1. The van der Waals surface area contributed by atoms with E-state index < -0.39 is 21.7 Å². The third-order valence-corrected chi connectivity index (χ3v) is 6.46. The van der Waals surface area contributed by atoms with E-state index in [0.717, 1.165) is 30.0 Å². The van der Waals surface area contributed by atoms with E-state index in [1.165, 1.54) is 25.3 Å². The third-order valence-electron chi connectivity index (χ3n) is 4.70. The zero-order chi connectivity index (χ0) is 20.8.